The Morgan fingerprint density at radius 3 is 2.35 bits per heavy atom. The number of aromatic carboxylic acids is 1. The third kappa shape index (κ3) is 4.42. The molecule has 1 aromatic carbocycles. The lowest BCUT2D eigenvalue weighted by Gasteiger charge is -2.14. The molecule has 4 nitrogen and oxygen atoms in total. The third-order valence-corrected chi connectivity index (χ3v) is 4.04. The van der Waals surface area contributed by atoms with Crippen LogP contribution in [0.25, 0.3) is 0 Å². The van der Waals surface area contributed by atoms with Gasteiger partial charge in [0, 0.05) is 13.7 Å². The van der Waals surface area contributed by atoms with Crippen molar-refractivity contribution >= 4 is 68.4 Å². The van der Waals surface area contributed by atoms with Gasteiger partial charge < -0.3 is 15.5 Å². The number of aliphatic hydroxyl groups is 1. The first-order valence-electron chi connectivity index (χ1n) is 4.66. The van der Waals surface area contributed by atoms with Crippen LogP contribution in [0.15, 0.2) is 12.1 Å². The average molecular weight is 481 g/mol. The maximum absolute atomic E-state index is 10.8. The van der Waals surface area contributed by atoms with Crippen LogP contribution in [0.3, 0.4) is 0 Å². The van der Waals surface area contributed by atoms with E-state index in [0.717, 1.165) is 12.8 Å². The first kappa shape index (κ1) is 15.3. The number of benzene rings is 1. The summed E-state index contributed by atoms with van der Waals surface area (Å²) in [6.07, 6.45) is -0.623. The average Bonchev–Trinajstić information content (AvgIpc) is 2.27. The Hall–Kier alpha value is 0.200. The molecule has 0 fully saturated rings. The Balaban J connectivity index is 2.90. The number of carboxylic acid groups (broad SMARTS) is 1. The molecule has 17 heavy (non-hydrogen) atoms. The van der Waals surface area contributed by atoms with Crippen molar-refractivity contribution in [1.82, 2.24) is 0 Å². The van der Waals surface area contributed by atoms with E-state index in [9.17, 15) is 9.90 Å². The van der Waals surface area contributed by atoms with Gasteiger partial charge in [-0.1, -0.05) is 0 Å². The van der Waals surface area contributed by atoms with Crippen LogP contribution in [0, 0.1) is 7.14 Å². The molecule has 0 aliphatic rings. The summed E-state index contributed by atoms with van der Waals surface area (Å²) in [7, 11) is 0. The van der Waals surface area contributed by atoms with E-state index in [-0.39, 0.29) is 11.4 Å². The largest absolute Gasteiger partial charge is 0.478 e. The number of carbonyl (C=O) groups is 1. The van der Waals surface area contributed by atoms with E-state index in [1.807, 2.05) is 0 Å². The fourth-order valence-corrected chi connectivity index (χ4v) is 3.40. The number of carboxylic acids is 1. The summed E-state index contributed by atoms with van der Waals surface area (Å²) in [6, 6.07) is 3.17. The van der Waals surface area contributed by atoms with E-state index < -0.39 is 12.1 Å². The topological polar surface area (TPSA) is 69.6 Å². The van der Waals surface area contributed by atoms with Crippen LogP contribution < -0.4 is 5.32 Å². The Bertz CT molecular complexity index is 405. The lowest BCUT2D eigenvalue weighted by Crippen LogP contribution is -2.21. The van der Waals surface area contributed by atoms with Gasteiger partial charge in [0.15, 0.2) is 0 Å². The van der Waals surface area contributed by atoms with Crippen LogP contribution >= 0.6 is 56.8 Å². The van der Waals surface area contributed by atoms with E-state index in [1.54, 1.807) is 12.1 Å². The molecule has 1 aromatic rings. The molecule has 0 spiro atoms. The van der Waals surface area contributed by atoms with Crippen molar-refractivity contribution < 1.29 is 15.0 Å². The van der Waals surface area contributed by atoms with Crippen LogP contribution in [-0.2, 0) is 0 Å². The van der Waals surface area contributed by atoms with Crippen molar-refractivity contribution in [3.8, 4) is 0 Å². The molecule has 0 radical (unpaired) electrons. The summed E-state index contributed by atoms with van der Waals surface area (Å²) in [6.45, 7) is 0.335. The van der Waals surface area contributed by atoms with Crippen molar-refractivity contribution in [3.63, 3.8) is 0 Å². The highest BCUT2D eigenvalue weighted by molar-refractivity contribution is 14.1. The minimum Gasteiger partial charge on any atom is -0.478 e. The predicted molar refractivity (Wildman–Crippen MR) is 84.1 cm³/mol. The molecule has 94 valence electrons. The van der Waals surface area contributed by atoms with E-state index in [2.05, 4.69) is 50.5 Å². The molecular formula is C10H10ClI2NO3. The van der Waals surface area contributed by atoms with Gasteiger partial charge in [0.25, 0.3) is 0 Å². The zero-order valence-corrected chi connectivity index (χ0v) is 13.7. The summed E-state index contributed by atoms with van der Waals surface area (Å²) in [4.78, 5) is 10.8. The van der Waals surface area contributed by atoms with Crippen molar-refractivity contribution in [2.24, 2.45) is 0 Å². The maximum atomic E-state index is 10.8. The minimum absolute atomic E-state index is 0.160. The Morgan fingerprint density at radius 2 is 1.94 bits per heavy atom. The van der Waals surface area contributed by atoms with Crippen LogP contribution in [0.2, 0.25) is 0 Å². The molecule has 1 rings (SSSR count). The molecule has 0 amide bonds. The van der Waals surface area contributed by atoms with Crippen molar-refractivity contribution in [2.45, 2.75) is 6.10 Å². The van der Waals surface area contributed by atoms with E-state index in [1.165, 1.54) is 0 Å². The summed E-state index contributed by atoms with van der Waals surface area (Å²) >= 11 is 9.61. The second-order valence-corrected chi connectivity index (χ2v) is 5.94. The van der Waals surface area contributed by atoms with E-state index in [0.29, 0.717) is 6.54 Å². The molecule has 0 heterocycles. The summed E-state index contributed by atoms with van der Waals surface area (Å²) < 4.78 is 1.60. The van der Waals surface area contributed by atoms with Gasteiger partial charge in [0.05, 0.1) is 23.2 Å². The molecule has 0 saturated heterocycles. The number of rotatable bonds is 5. The van der Waals surface area contributed by atoms with Gasteiger partial charge in [-0.3, -0.25) is 0 Å². The second-order valence-electron chi connectivity index (χ2n) is 3.31. The highest BCUT2D eigenvalue weighted by atomic mass is 127. The molecular weight excluding hydrogens is 471 g/mol. The van der Waals surface area contributed by atoms with Gasteiger partial charge in [-0.25, -0.2) is 4.79 Å². The number of anilines is 1. The molecule has 0 bridgehead atoms. The highest BCUT2D eigenvalue weighted by Gasteiger charge is 2.12. The van der Waals surface area contributed by atoms with E-state index in [4.69, 9.17) is 16.7 Å². The molecule has 7 heteroatoms. The van der Waals surface area contributed by atoms with Gasteiger partial charge >= 0.3 is 5.97 Å². The van der Waals surface area contributed by atoms with Gasteiger partial charge in [-0.2, -0.15) is 0 Å². The number of nitrogens with one attached hydrogen (secondary N) is 1. The lowest BCUT2D eigenvalue weighted by molar-refractivity contribution is 0.0696. The molecule has 1 atom stereocenters. The van der Waals surface area contributed by atoms with Crippen molar-refractivity contribution in [2.75, 3.05) is 17.7 Å². The number of alkyl halides is 1. The predicted octanol–water partition coefficient (Wildman–Crippen LogP) is 2.61. The molecule has 1 unspecified atom stereocenters. The maximum Gasteiger partial charge on any atom is 0.335 e. The van der Waals surface area contributed by atoms with Crippen LogP contribution in [0.1, 0.15) is 10.4 Å². The van der Waals surface area contributed by atoms with Crippen LogP contribution in [0.4, 0.5) is 5.69 Å². The molecule has 0 aliphatic carbocycles. The molecule has 3 N–H and O–H groups in total. The number of halogens is 3. The second kappa shape index (κ2) is 6.95. The molecule has 0 aromatic heterocycles. The quantitative estimate of drug-likeness (QED) is 0.447. The van der Waals surface area contributed by atoms with Crippen molar-refractivity contribution in [1.29, 1.82) is 0 Å². The standard InChI is InChI=1S/C10H10ClI2NO3/c11-3-6(15)4-14-9-7(12)1-5(10(16)17)2-8(9)13/h1-2,6,14-15H,3-4H2,(H,16,17). The third-order valence-electron chi connectivity index (χ3n) is 1.98. The molecule has 0 saturated carbocycles. The SMILES string of the molecule is O=C(O)c1cc(I)c(NCC(O)CCl)c(I)c1. The summed E-state index contributed by atoms with van der Waals surface area (Å²) in [5, 5.41) is 21.3. The van der Waals surface area contributed by atoms with Crippen LogP contribution in [-0.4, -0.2) is 34.7 Å². The zero-order valence-electron chi connectivity index (χ0n) is 8.58. The Morgan fingerprint density at radius 1 is 1.41 bits per heavy atom. The summed E-state index contributed by atoms with van der Waals surface area (Å²) in [5.74, 6) is -0.791. The fraction of sp³-hybridized carbons (Fsp3) is 0.300. The zero-order chi connectivity index (χ0) is 13.0. The normalized spacial score (nSPS) is 12.2. The Kier molecular flexibility index (Phi) is 6.24. The van der Waals surface area contributed by atoms with Gasteiger partial charge in [-0.15, -0.1) is 11.6 Å². The first-order chi connectivity index (χ1) is 7.95. The summed E-state index contributed by atoms with van der Waals surface area (Å²) in [5.41, 5.74) is 1.07. The monoisotopic (exact) mass is 481 g/mol. The Labute approximate surface area is 131 Å². The van der Waals surface area contributed by atoms with Gasteiger partial charge in [0.2, 0.25) is 0 Å². The molecule has 0 aliphatic heterocycles. The number of hydrogen-bond donors (Lipinski definition) is 3. The lowest BCUT2D eigenvalue weighted by atomic mass is 10.2. The first-order valence-corrected chi connectivity index (χ1v) is 7.35. The minimum atomic E-state index is -0.951. The van der Waals surface area contributed by atoms with Gasteiger partial charge in [-0.05, 0) is 57.3 Å². The highest BCUT2D eigenvalue weighted by Crippen LogP contribution is 2.26. The number of aliphatic hydroxyl groups excluding tert-OH is 1. The smallest absolute Gasteiger partial charge is 0.335 e. The number of hydrogen-bond acceptors (Lipinski definition) is 3. The fourth-order valence-electron chi connectivity index (χ4n) is 1.14. The van der Waals surface area contributed by atoms with E-state index >= 15 is 0 Å². The van der Waals surface area contributed by atoms with Crippen molar-refractivity contribution in [3.05, 3.63) is 24.8 Å². The van der Waals surface area contributed by atoms with Gasteiger partial charge in [0.1, 0.15) is 0 Å². The van der Waals surface area contributed by atoms with Crippen LogP contribution in [0.5, 0.6) is 0 Å².